The van der Waals surface area contributed by atoms with E-state index in [0.717, 1.165) is 16.7 Å². The quantitative estimate of drug-likeness (QED) is 0.202. The summed E-state index contributed by atoms with van der Waals surface area (Å²) < 4.78 is 10.8. The number of ether oxygens (including phenoxy) is 2. The Morgan fingerprint density at radius 3 is 2.05 bits per heavy atom. The van der Waals surface area contributed by atoms with Crippen molar-refractivity contribution in [2.24, 2.45) is 4.99 Å². The first-order valence-corrected chi connectivity index (χ1v) is 15.2. The first-order chi connectivity index (χ1) is 20.4. The molecule has 5 rings (SSSR count). The topological polar surface area (TPSA) is 74.9 Å². The van der Waals surface area contributed by atoms with Gasteiger partial charge in [-0.1, -0.05) is 66.2 Å². The molecule has 0 fully saturated rings. The van der Waals surface area contributed by atoms with Gasteiger partial charge in [0.25, 0.3) is 5.91 Å². The summed E-state index contributed by atoms with van der Waals surface area (Å²) >= 11 is 8.15. The lowest BCUT2D eigenvalue weighted by Crippen LogP contribution is -2.49. The second kappa shape index (κ2) is 12.7. The van der Waals surface area contributed by atoms with Crippen LogP contribution in [0.25, 0.3) is 0 Å². The number of hydrogen-bond acceptors (Lipinski definition) is 6. The molecule has 4 aromatic carbocycles. The number of hydrogen-bond donors (Lipinski definition) is 0. The molecule has 0 aliphatic carbocycles. The van der Waals surface area contributed by atoms with E-state index in [-0.39, 0.29) is 6.42 Å². The van der Waals surface area contributed by atoms with Crippen LogP contribution in [0, 0.1) is 11.3 Å². The van der Waals surface area contributed by atoms with Crippen molar-refractivity contribution in [3.05, 3.63) is 124 Å². The molecule has 4 aromatic rings. The minimum Gasteiger partial charge on any atom is -0.497 e. The van der Waals surface area contributed by atoms with Gasteiger partial charge < -0.3 is 9.47 Å². The molecule has 212 valence electrons. The number of benzodiazepines with no additional fused rings is 1. The van der Waals surface area contributed by atoms with Crippen LogP contribution >= 0.6 is 23.4 Å². The lowest BCUT2D eigenvalue weighted by atomic mass is 9.91. The van der Waals surface area contributed by atoms with Gasteiger partial charge in [0.2, 0.25) is 5.54 Å². The van der Waals surface area contributed by atoms with Crippen LogP contribution in [0.15, 0.2) is 102 Å². The van der Waals surface area contributed by atoms with Gasteiger partial charge in [-0.25, -0.2) is 0 Å². The van der Waals surface area contributed by atoms with Gasteiger partial charge in [0, 0.05) is 22.6 Å². The van der Waals surface area contributed by atoms with Gasteiger partial charge in [-0.3, -0.25) is 14.7 Å². The first-order valence-electron chi connectivity index (χ1n) is 13.4. The first kappa shape index (κ1) is 29.2. The Kier molecular flexibility index (Phi) is 8.86. The third-order valence-corrected chi connectivity index (χ3v) is 8.22. The Labute approximate surface area is 255 Å². The Hall–Kier alpha value is -4.25. The maximum atomic E-state index is 15.0. The standard InChI is InChI=1S/C34H30ClN3O3S/c1-40-27-14-9-24(10-15-27)32(25-11-16-28(41-2)17-12-25)38-30-18-13-26(35)21-29(30)31(23-7-5-4-6-8-23)37-34(22-36,33(38)39)19-20-42-3/h4-18,21,32H,19-20H2,1-3H3/t34-/m1/s1. The highest BCUT2D eigenvalue weighted by Gasteiger charge is 2.48. The molecule has 1 aliphatic rings. The van der Waals surface area contributed by atoms with Gasteiger partial charge in [-0.15, -0.1) is 0 Å². The van der Waals surface area contributed by atoms with E-state index in [4.69, 9.17) is 26.1 Å². The summed E-state index contributed by atoms with van der Waals surface area (Å²) in [7, 11) is 3.23. The molecule has 1 amide bonds. The Balaban J connectivity index is 1.83. The van der Waals surface area contributed by atoms with Crippen molar-refractivity contribution in [1.29, 1.82) is 5.26 Å². The van der Waals surface area contributed by atoms with Crippen LogP contribution in [0.3, 0.4) is 0 Å². The summed E-state index contributed by atoms with van der Waals surface area (Å²) in [4.78, 5) is 21.7. The summed E-state index contributed by atoms with van der Waals surface area (Å²) in [6.45, 7) is 0. The molecule has 42 heavy (non-hydrogen) atoms. The van der Waals surface area contributed by atoms with Crippen molar-refractivity contribution in [3.8, 4) is 17.6 Å². The smallest absolute Gasteiger partial charge is 0.270 e. The van der Waals surface area contributed by atoms with Crippen LogP contribution in [0.1, 0.15) is 34.7 Å². The number of halogens is 1. The van der Waals surface area contributed by atoms with E-state index >= 15 is 0 Å². The molecule has 0 radical (unpaired) electrons. The van der Waals surface area contributed by atoms with E-state index in [9.17, 15) is 10.1 Å². The molecule has 0 unspecified atom stereocenters. The average molecular weight is 596 g/mol. The highest BCUT2D eigenvalue weighted by Crippen LogP contribution is 2.42. The zero-order valence-electron chi connectivity index (χ0n) is 23.6. The molecule has 6 nitrogen and oxygen atoms in total. The van der Waals surface area contributed by atoms with E-state index in [1.54, 1.807) is 36.9 Å². The van der Waals surface area contributed by atoms with Crippen molar-refractivity contribution >= 4 is 40.7 Å². The van der Waals surface area contributed by atoms with Gasteiger partial charge >= 0.3 is 0 Å². The molecular weight excluding hydrogens is 566 g/mol. The maximum Gasteiger partial charge on any atom is 0.270 e. The molecule has 0 saturated carbocycles. The summed E-state index contributed by atoms with van der Waals surface area (Å²) in [6.07, 6.45) is 2.20. The van der Waals surface area contributed by atoms with Crippen LogP contribution < -0.4 is 14.4 Å². The second-order valence-corrected chi connectivity index (χ2v) is 11.2. The molecule has 1 heterocycles. The van der Waals surface area contributed by atoms with Crippen LogP contribution in [0.2, 0.25) is 5.02 Å². The predicted molar refractivity (Wildman–Crippen MR) is 170 cm³/mol. The van der Waals surface area contributed by atoms with Gasteiger partial charge in [-0.05, 0) is 65.6 Å². The number of amides is 1. The number of thioether (sulfide) groups is 1. The summed E-state index contributed by atoms with van der Waals surface area (Å²) in [5.74, 6) is 1.57. The number of methoxy groups -OCH3 is 2. The number of benzene rings is 4. The maximum absolute atomic E-state index is 15.0. The normalized spacial score (nSPS) is 16.3. The molecular formula is C34H30ClN3O3S. The van der Waals surface area contributed by atoms with Crippen LogP contribution in [0.4, 0.5) is 5.69 Å². The van der Waals surface area contributed by atoms with Gasteiger partial charge in [-0.2, -0.15) is 17.0 Å². The van der Waals surface area contributed by atoms with Crippen molar-refractivity contribution in [3.63, 3.8) is 0 Å². The van der Waals surface area contributed by atoms with Crippen molar-refractivity contribution < 1.29 is 14.3 Å². The number of fused-ring (bicyclic) bond motifs is 1. The summed E-state index contributed by atoms with van der Waals surface area (Å²) in [5, 5.41) is 11.3. The third-order valence-electron chi connectivity index (χ3n) is 7.37. The number of aliphatic imine (C=N–C) groups is 1. The number of nitriles is 1. The minimum atomic E-state index is -1.67. The van der Waals surface area contributed by atoms with E-state index in [0.29, 0.717) is 39.2 Å². The Bertz CT molecular complexity index is 1590. The molecule has 0 N–H and O–H groups in total. The zero-order chi connectivity index (χ0) is 29.7. The highest BCUT2D eigenvalue weighted by atomic mass is 35.5. The van der Waals surface area contributed by atoms with Crippen LogP contribution in [-0.4, -0.2) is 43.4 Å². The largest absolute Gasteiger partial charge is 0.497 e. The molecule has 0 aromatic heterocycles. The minimum absolute atomic E-state index is 0.246. The molecule has 8 heteroatoms. The third kappa shape index (κ3) is 5.61. The number of nitrogens with zero attached hydrogens (tertiary/aromatic N) is 3. The number of anilines is 1. The van der Waals surface area contributed by atoms with Crippen molar-refractivity contribution in [1.82, 2.24) is 0 Å². The lowest BCUT2D eigenvalue weighted by molar-refractivity contribution is -0.122. The Morgan fingerprint density at radius 1 is 0.929 bits per heavy atom. The molecule has 1 atom stereocenters. The van der Waals surface area contributed by atoms with E-state index in [2.05, 4.69) is 6.07 Å². The number of carbonyl (C=O) groups is 1. The van der Waals surface area contributed by atoms with Crippen LogP contribution in [0.5, 0.6) is 11.5 Å². The monoisotopic (exact) mass is 595 g/mol. The predicted octanol–water partition coefficient (Wildman–Crippen LogP) is 7.35. The average Bonchev–Trinajstić information content (AvgIpc) is 3.14. The SMILES string of the molecule is COc1ccc(C(c2ccc(OC)cc2)N2C(=O)[C@](C#N)(CCSC)N=C(c3ccccc3)c3cc(Cl)ccc32)cc1. The van der Waals surface area contributed by atoms with Gasteiger partial charge in [0.1, 0.15) is 17.6 Å². The van der Waals surface area contributed by atoms with Crippen LogP contribution in [-0.2, 0) is 4.79 Å². The van der Waals surface area contributed by atoms with Gasteiger partial charge in [0.15, 0.2) is 0 Å². The number of rotatable bonds is 9. The summed E-state index contributed by atoms with van der Waals surface area (Å²) in [6, 6.07) is 32.1. The number of carbonyl (C=O) groups excluding carboxylic acids is 1. The molecule has 1 aliphatic heterocycles. The second-order valence-electron chi connectivity index (χ2n) is 9.83. The van der Waals surface area contributed by atoms with E-state index in [1.165, 1.54) is 0 Å². The fourth-order valence-corrected chi connectivity index (χ4v) is 5.86. The van der Waals surface area contributed by atoms with E-state index < -0.39 is 17.5 Å². The molecule has 0 bridgehead atoms. The van der Waals surface area contributed by atoms with Crippen molar-refractivity contribution in [2.75, 3.05) is 31.1 Å². The fourth-order valence-electron chi connectivity index (χ4n) is 5.19. The summed E-state index contributed by atoms with van der Waals surface area (Å²) in [5.41, 5.74) is 2.65. The lowest BCUT2D eigenvalue weighted by Gasteiger charge is -2.36. The van der Waals surface area contributed by atoms with E-state index in [1.807, 2.05) is 97.3 Å². The zero-order valence-corrected chi connectivity index (χ0v) is 25.2. The molecule has 0 spiro atoms. The fraction of sp³-hybridized carbons (Fsp3) is 0.206. The van der Waals surface area contributed by atoms with Gasteiger partial charge in [0.05, 0.1) is 31.7 Å². The van der Waals surface area contributed by atoms with Crippen molar-refractivity contribution in [2.45, 2.75) is 18.0 Å². The molecule has 0 saturated heterocycles. The highest BCUT2D eigenvalue weighted by molar-refractivity contribution is 7.98. The Morgan fingerprint density at radius 2 is 1.52 bits per heavy atom.